The van der Waals surface area contributed by atoms with Gasteiger partial charge in [0.25, 0.3) is 0 Å². The van der Waals surface area contributed by atoms with Crippen molar-refractivity contribution < 1.29 is 9.90 Å². The van der Waals surface area contributed by atoms with Crippen molar-refractivity contribution in [1.29, 1.82) is 5.41 Å². The highest BCUT2D eigenvalue weighted by atomic mass is 16.4. The zero-order valence-corrected chi connectivity index (χ0v) is 19.1. The van der Waals surface area contributed by atoms with E-state index in [1.165, 1.54) is 22.0 Å². The molecule has 5 N–H and O–H groups in total. The third-order valence-corrected chi connectivity index (χ3v) is 7.16. The predicted octanol–water partition coefficient (Wildman–Crippen LogP) is 4.86. The Kier molecular flexibility index (Phi) is 6.07. The second kappa shape index (κ2) is 9.31. The molecule has 174 valence electrons. The normalized spacial score (nSPS) is 18.4. The zero-order chi connectivity index (χ0) is 23.7. The van der Waals surface area contributed by atoms with Crippen LogP contribution in [0.3, 0.4) is 0 Å². The number of carboxylic acids is 1. The summed E-state index contributed by atoms with van der Waals surface area (Å²) in [6, 6.07) is 23.3. The Labute approximate surface area is 198 Å². The van der Waals surface area contributed by atoms with Gasteiger partial charge in [0.2, 0.25) is 0 Å². The molecule has 1 aromatic heterocycles. The minimum atomic E-state index is -0.671. The standard InChI is InChI=1S/C28H30N4O2/c29-27(30)21-9-8-20-14-24(16-31-23-12-10-19(11-13-23)28(33)34)32(26(20)15-21)17-22-6-3-5-18-4-1-2-7-25(18)22/h1-9,14-15,19,23,31H,10-13,16-17H2,(H3,29,30)(H,33,34)/t19-,23-. The fraction of sp³-hybridized carbons (Fsp3) is 0.286. The third-order valence-electron chi connectivity index (χ3n) is 7.16. The monoisotopic (exact) mass is 454 g/mol. The van der Waals surface area contributed by atoms with Gasteiger partial charge in [-0.3, -0.25) is 10.2 Å². The van der Waals surface area contributed by atoms with Crippen molar-refractivity contribution in [3.8, 4) is 0 Å². The number of carboxylic acid groups (broad SMARTS) is 1. The lowest BCUT2D eigenvalue weighted by Gasteiger charge is -2.27. The van der Waals surface area contributed by atoms with Crippen molar-refractivity contribution in [3.63, 3.8) is 0 Å². The topological polar surface area (TPSA) is 104 Å². The summed E-state index contributed by atoms with van der Waals surface area (Å²) < 4.78 is 2.32. The molecule has 5 rings (SSSR count). The Bertz CT molecular complexity index is 1360. The minimum Gasteiger partial charge on any atom is -0.481 e. The molecule has 0 aliphatic heterocycles. The summed E-state index contributed by atoms with van der Waals surface area (Å²) in [6.07, 6.45) is 3.23. The molecule has 0 saturated heterocycles. The van der Waals surface area contributed by atoms with E-state index in [0.29, 0.717) is 12.6 Å². The van der Waals surface area contributed by atoms with Gasteiger partial charge in [0.15, 0.2) is 0 Å². The van der Waals surface area contributed by atoms with Gasteiger partial charge in [-0.2, -0.15) is 0 Å². The van der Waals surface area contributed by atoms with E-state index >= 15 is 0 Å². The molecule has 4 aromatic rings. The van der Waals surface area contributed by atoms with Gasteiger partial charge in [0.05, 0.1) is 5.92 Å². The zero-order valence-electron chi connectivity index (χ0n) is 19.1. The van der Waals surface area contributed by atoms with Gasteiger partial charge in [0, 0.05) is 35.9 Å². The van der Waals surface area contributed by atoms with Crippen molar-refractivity contribution in [1.82, 2.24) is 9.88 Å². The summed E-state index contributed by atoms with van der Waals surface area (Å²) in [7, 11) is 0. The van der Waals surface area contributed by atoms with Crippen molar-refractivity contribution in [2.45, 2.75) is 44.8 Å². The quantitative estimate of drug-likeness (QED) is 0.236. The lowest BCUT2D eigenvalue weighted by molar-refractivity contribution is -0.142. The van der Waals surface area contributed by atoms with E-state index in [4.69, 9.17) is 11.1 Å². The molecule has 0 unspecified atom stereocenters. The Balaban J connectivity index is 1.47. The Hall–Kier alpha value is -3.64. The number of aliphatic carboxylic acids is 1. The van der Waals surface area contributed by atoms with Crippen LogP contribution in [0.15, 0.2) is 66.7 Å². The second-order valence-electron chi connectivity index (χ2n) is 9.32. The molecule has 0 atom stereocenters. The third kappa shape index (κ3) is 4.41. The number of hydrogen-bond acceptors (Lipinski definition) is 3. The van der Waals surface area contributed by atoms with Crippen LogP contribution in [0.4, 0.5) is 0 Å². The van der Waals surface area contributed by atoms with Gasteiger partial charge in [-0.25, -0.2) is 0 Å². The first-order valence-corrected chi connectivity index (χ1v) is 11.9. The summed E-state index contributed by atoms with van der Waals surface area (Å²) in [5.74, 6) is -0.814. The van der Waals surface area contributed by atoms with E-state index in [2.05, 4.69) is 58.4 Å². The van der Waals surface area contributed by atoms with E-state index in [-0.39, 0.29) is 11.8 Å². The molecule has 3 aromatic carbocycles. The van der Waals surface area contributed by atoms with Gasteiger partial charge in [-0.15, -0.1) is 0 Å². The SMILES string of the molecule is N=C(N)c1ccc2cc(CN[C@H]3CC[C@H](C(=O)O)CC3)n(Cc3cccc4ccccc34)c2c1. The summed E-state index contributed by atoms with van der Waals surface area (Å²) in [6.45, 7) is 1.42. The van der Waals surface area contributed by atoms with Crippen LogP contribution in [0.2, 0.25) is 0 Å². The molecular weight excluding hydrogens is 424 g/mol. The lowest BCUT2D eigenvalue weighted by atomic mass is 9.86. The number of nitrogens with two attached hydrogens (primary N) is 1. The highest BCUT2D eigenvalue weighted by Gasteiger charge is 2.25. The molecule has 0 radical (unpaired) electrons. The fourth-order valence-corrected chi connectivity index (χ4v) is 5.21. The molecule has 1 aliphatic carbocycles. The number of nitrogen functional groups attached to an aromatic ring is 1. The summed E-state index contributed by atoms with van der Waals surface area (Å²) in [4.78, 5) is 11.3. The first kappa shape index (κ1) is 22.2. The van der Waals surface area contributed by atoms with Crippen LogP contribution in [-0.2, 0) is 17.9 Å². The Morgan fingerprint density at radius 2 is 1.76 bits per heavy atom. The van der Waals surface area contributed by atoms with Crippen LogP contribution >= 0.6 is 0 Å². The maximum Gasteiger partial charge on any atom is 0.306 e. The van der Waals surface area contributed by atoms with Crippen molar-refractivity contribution in [2.75, 3.05) is 0 Å². The number of nitrogens with zero attached hydrogens (tertiary/aromatic N) is 1. The molecular formula is C28H30N4O2. The number of hydrogen-bond donors (Lipinski definition) is 4. The molecule has 1 saturated carbocycles. The molecule has 0 bridgehead atoms. The molecule has 34 heavy (non-hydrogen) atoms. The average molecular weight is 455 g/mol. The summed E-state index contributed by atoms with van der Waals surface area (Å²) in [5, 5.41) is 24.4. The second-order valence-corrected chi connectivity index (χ2v) is 9.32. The number of aromatic nitrogens is 1. The van der Waals surface area contributed by atoms with E-state index in [1.807, 2.05) is 18.2 Å². The van der Waals surface area contributed by atoms with E-state index in [1.54, 1.807) is 0 Å². The average Bonchev–Trinajstić information content (AvgIpc) is 3.19. The van der Waals surface area contributed by atoms with Gasteiger partial charge in [-0.05, 0) is 59.5 Å². The maximum atomic E-state index is 11.3. The van der Waals surface area contributed by atoms with Crippen LogP contribution < -0.4 is 11.1 Å². The smallest absolute Gasteiger partial charge is 0.306 e. The number of rotatable bonds is 7. The largest absolute Gasteiger partial charge is 0.481 e. The van der Waals surface area contributed by atoms with Crippen LogP contribution in [0.1, 0.15) is 42.5 Å². The van der Waals surface area contributed by atoms with Crippen LogP contribution in [0.25, 0.3) is 21.7 Å². The van der Waals surface area contributed by atoms with Crippen molar-refractivity contribution >= 4 is 33.5 Å². The van der Waals surface area contributed by atoms with E-state index in [0.717, 1.165) is 48.7 Å². The van der Waals surface area contributed by atoms with Crippen LogP contribution in [0, 0.1) is 11.3 Å². The van der Waals surface area contributed by atoms with Gasteiger partial charge >= 0.3 is 5.97 Å². The summed E-state index contributed by atoms with van der Waals surface area (Å²) in [5.41, 5.74) is 9.99. The van der Waals surface area contributed by atoms with Crippen LogP contribution in [0.5, 0.6) is 0 Å². The first-order chi connectivity index (χ1) is 16.5. The van der Waals surface area contributed by atoms with Gasteiger partial charge in [0.1, 0.15) is 5.84 Å². The van der Waals surface area contributed by atoms with Crippen molar-refractivity contribution in [2.24, 2.45) is 11.7 Å². The predicted molar refractivity (Wildman–Crippen MR) is 136 cm³/mol. The Morgan fingerprint density at radius 1 is 1.00 bits per heavy atom. The number of nitrogens with one attached hydrogen (secondary N) is 2. The summed E-state index contributed by atoms with van der Waals surface area (Å²) >= 11 is 0. The molecule has 1 aliphatic rings. The minimum absolute atomic E-state index is 0.0645. The molecule has 1 fully saturated rings. The molecule has 6 nitrogen and oxygen atoms in total. The van der Waals surface area contributed by atoms with Gasteiger partial charge in [-0.1, -0.05) is 54.6 Å². The molecule has 0 spiro atoms. The number of amidine groups is 1. The van der Waals surface area contributed by atoms with Crippen LogP contribution in [-0.4, -0.2) is 27.5 Å². The molecule has 0 amide bonds. The van der Waals surface area contributed by atoms with E-state index in [9.17, 15) is 9.90 Å². The number of fused-ring (bicyclic) bond motifs is 2. The molecule has 6 heteroatoms. The highest BCUT2D eigenvalue weighted by Crippen LogP contribution is 2.28. The fourth-order valence-electron chi connectivity index (χ4n) is 5.21. The van der Waals surface area contributed by atoms with Crippen molar-refractivity contribution in [3.05, 3.63) is 83.6 Å². The number of carbonyl (C=O) groups is 1. The lowest BCUT2D eigenvalue weighted by Crippen LogP contribution is -2.35. The van der Waals surface area contributed by atoms with Gasteiger partial charge < -0.3 is 20.7 Å². The molecule has 1 heterocycles. The first-order valence-electron chi connectivity index (χ1n) is 11.9. The highest BCUT2D eigenvalue weighted by molar-refractivity contribution is 5.98. The number of benzene rings is 3. The van der Waals surface area contributed by atoms with E-state index < -0.39 is 5.97 Å². The Morgan fingerprint density at radius 3 is 2.53 bits per heavy atom. The maximum absolute atomic E-state index is 11.3.